The third kappa shape index (κ3) is 6.43. The van der Waals surface area contributed by atoms with Gasteiger partial charge in [0.05, 0.1) is 11.5 Å². The first-order valence-corrected chi connectivity index (χ1v) is 9.26. The molecule has 1 saturated heterocycles. The smallest absolute Gasteiger partial charge is 0.221 e. The molecule has 0 aromatic heterocycles. The Balaban J connectivity index is 1.55. The average molecular weight is 317 g/mol. The number of carbonyl (C=O) groups excluding carboxylic acids is 2. The Bertz CT molecular complexity index is 488. The van der Waals surface area contributed by atoms with Gasteiger partial charge in [0.25, 0.3) is 0 Å². The number of hydrogen-bond acceptors (Lipinski definition) is 5. The molecule has 1 aliphatic carbocycles. The SMILES string of the molecule is O=C(CC1CS(=O)(=O)CCN1)NCCCC(=O)NC1CC1. The van der Waals surface area contributed by atoms with Crippen molar-refractivity contribution in [1.29, 1.82) is 0 Å². The predicted octanol–water partition coefficient (Wildman–Crippen LogP) is -1.06. The fourth-order valence-corrected chi connectivity index (χ4v) is 3.74. The fourth-order valence-electron chi connectivity index (χ4n) is 2.30. The van der Waals surface area contributed by atoms with E-state index in [-0.39, 0.29) is 35.8 Å². The van der Waals surface area contributed by atoms with Crippen LogP contribution in [0.3, 0.4) is 0 Å². The minimum absolute atomic E-state index is 0.0181. The summed E-state index contributed by atoms with van der Waals surface area (Å²) in [7, 11) is -3.02. The second-order valence-electron chi connectivity index (χ2n) is 5.76. The lowest BCUT2D eigenvalue weighted by molar-refractivity contribution is -0.123. The maximum atomic E-state index is 11.7. The summed E-state index contributed by atoms with van der Waals surface area (Å²) >= 11 is 0. The quantitative estimate of drug-likeness (QED) is 0.519. The van der Waals surface area contributed by atoms with Crippen molar-refractivity contribution in [2.45, 2.75) is 44.2 Å². The average Bonchev–Trinajstić information content (AvgIpc) is 3.17. The molecule has 21 heavy (non-hydrogen) atoms. The van der Waals surface area contributed by atoms with E-state index in [4.69, 9.17) is 0 Å². The molecule has 0 aromatic rings. The summed E-state index contributed by atoms with van der Waals surface area (Å²) in [5, 5.41) is 8.65. The highest BCUT2D eigenvalue weighted by molar-refractivity contribution is 7.91. The molecule has 3 N–H and O–H groups in total. The van der Waals surface area contributed by atoms with Crippen LogP contribution in [0.4, 0.5) is 0 Å². The molecule has 120 valence electrons. The highest BCUT2D eigenvalue weighted by atomic mass is 32.2. The van der Waals surface area contributed by atoms with Gasteiger partial charge in [-0.1, -0.05) is 0 Å². The van der Waals surface area contributed by atoms with Crippen LogP contribution in [0.15, 0.2) is 0 Å². The van der Waals surface area contributed by atoms with Gasteiger partial charge in [-0.25, -0.2) is 8.42 Å². The van der Waals surface area contributed by atoms with Gasteiger partial charge >= 0.3 is 0 Å². The van der Waals surface area contributed by atoms with Crippen LogP contribution >= 0.6 is 0 Å². The first kappa shape index (κ1) is 16.2. The van der Waals surface area contributed by atoms with Crippen molar-refractivity contribution < 1.29 is 18.0 Å². The van der Waals surface area contributed by atoms with Crippen molar-refractivity contribution >= 4 is 21.7 Å². The first-order valence-electron chi connectivity index (χ1n) is 7.44. The van der Waals surface area contributed by atoms with E-state index in [9.17, 15) is 18.0 Å². The summed E-state index contributed by atoms with van der Waals surface area (Å²) < 4.78 is 22.9. The van der Waals surface area contributed by atoms with Crippen LogP contribution in [0.5, 0.6) is 0 Å². The molecular formula is C13H23N3O4S. The largest absolute Gasteiger partial charge is 0.356 e. The second-order valence-corrected chi connectivity index (χ2v) is 7.99. The minimum Gasteiger partial charge on any atom is -0.356 e. The highest BCUT2D eigenvalue weighted by Gasteiger charge is 2.26. The molecule has 2 aliphatic rings. The molecular weight excluding hydrogens is 294 g/mol. The topological polar surface area (TPSA) is 104 Å². The van der Waals surface area contributed by atoms with E-state index < -0.39 is 9.84 Å². The van der Waals surface area contributed by atoms with Crippen molar-refractivity contribution in [1.82, 2.24) is 16.0 Å². The summed E-state index contributed by atoms with van der Waals surface area (Å²) in [6.45, 7) is 0.845. The van der Waals surface area contributed by atoms with Crippen molar-refractivity contribution in [3.63, 3.8) is 0 Å². The van der Waals surface area contributed by atoms with Gasteiger partial charge in [-0.15, -0.1) is 0 Å². The van der Waals surface area contributed by atoms with Crippen LogP contribution in [0.2, 0.25) is 0 Å². The van der Waals surface area contributed by atoms with E-state index in [1.54, 1.807) is 0 Å². The number of amides is 2. The molecule has 8 heteroatoms. The summed E-state index contributed by atoms with van der Waals surface area (Å²) in [6, 6.07) is 0.0633. The maximum absolute atomic E-state index is 11.7. The van der Waals surface area contributed by atoms with E-state index >= 15 is 0 Å². The number of nitrogens with one attached hydrogen (secondary N) is 3. The number of sulfone groups is 1. The third-order valence-corrected chi connectivity index (χ3v) is 5.31. The Morgan fingerprint density at radius 3 is 2.62 bits per heavy atom. The summed E-state index contributed by atoms with van der Waals surface area (Å²) in [4.78, 5) is 23.1. The zero-order valence-corrected chi connectivity index (χ0v) is 12.9. The molecule has 1 aliphatic heterocycles. The zero-order valence-electron chi connectivity index (χ0n) is 12.1. The van der Waals surface area contributed by atoms with Crippen LogP contribution in [0.25, 0.3) is 0 Å². The van der Waals surface area contributed by atoms with E-state index in [0.717, 1.165) is 12.8 Å². The van der Waals surface area contributed by atoms with Gasteiger partial charge in [0.2, 0.25) is 11.8 Å². The molecule has 2 rings (SSSR count). The highest BCUT2D eigenvalue weighted by Crippen LogP contribution is 2.18. The summed E-state index contributed by atoms with van der Waals surface area (Å²) in [5.41, 5.74) is 0. The Kier molecular flexibility index (Phi) is 5.58. The van der Waals surface area contributed by atoms with E-state index in [0.29, 0.717) is 32.0 Å². The van der Waals surface area contributed by atoms with Crippen LogP contribution in [0, 0.1) is 0 Å². The third-order valence-electron chi connectivity index (χ3n) is 3.58. The summed E-state index contributed by atoms with van der Waals surface area (Å²) in [5.74, 6) is 0.0184. The molecule has 2 fully saturated rings. The molecule has 1 atom stereocenters. The van der Waals surface area contributed by atoms with Crippen LogP contribution in [0.1, 0.15) is 32.1 Å². The molecule has 7 nitrogen and oxygen atoms in total. The lowest BCUT2D eigenvalue weighted by Gasteiger charge is -2.23. The van der Waals surface area contributed by atoms with Gasteiger partial charge in [-0.05, 0) is 19.3 Å². The normalized spacial score (nSPS) is 24.3. The Morgan fingerprint density at radius 2 is 1.95 bits per heavy atom. The molecule has 0 spiro atoms. The second kappa shape index (κ2) is 7.22. The number of hydrogen-bond donors (Lipinski definition) is 3. The number of rotatable bonds is 7. The van der Waals surface area contributed by atoms with Crippen LogP contribution in [-0.2, 0) is 19.4 Å². The maximum Gasteiger partial charge on any atom is 0.221 e. The zero-order chi connectivity index (χ0) is 15.3. The van der Waals surface area contributed by atoms with Crippen LogP contribution in [-0.4, -0.2) is 56.9 Å². The Labute approximate surface area is 125 Å². The fraction of sp³-hybridized carbons (Fsp3) is 0.846. The standard InChI is InChI=1S/C13H23N3O4S/c17-12(16-10-3-4-10)2-1-5-15-13(18)8-11-9-21(19,20)7-6-14-11/h10-11,14H,1-9H2,(H,15,18)(H,16,17). The van der Waals surface area contributed by atoms with Crippen LogP contribution < -0.4 is 16.0 Å². The first-order chi connectivity index (χ1) is 9.94. The van der Waals surface area contributed by atoms with Gasteiger partial charge in [0.15, 0.2) is 9.84 Å². The van der Waals surface area contributed by atoms with Gasteiger partial charge in [0.1, 0.15) is 0 Å². The monoisotopic (exact) mass is 317 g/mol. The lowest BCUT2D eigenvalue weighted by Crippen LogP contribution is -2.47. The molecule has 0 bridgehead atoms. The molecule has 1 saturated carbocycles. The van der Waals surface area contributed by atoms with Gasteiger partial charge in [0, 0.05) is 38.0 Å². The Morgan fingerprint density at radius 1 is 1.19 bits per heavy atom. The van der Waals surface area contributed by atoms with Gasteiger partial charge in [-0.2, -0.15) is 0 Å². The van der Waals surface area contributed by atoms with E-state index in [1.807, 2.05) is 0 Å². The minimum atomic E-state index is -3.02. The van der Waals surface area contributed by atoms with Crippen molar-refractivity contribution in [2.24, 2.45) is 0 Å². The van der Waals surface area contributed by atoms with Crippen molar-refractivity contribution in [3.8, 4) is 0 Å². The molecule has 1 heterocycles. The predicted molar refractivity (Wildman–Crippen MR) is 78.5 cm³/mol. The van der Waals surface area contributed by atoms with Crippen molar-refractivity contribution in [2.75, 3.05) is 24.6 Å². The molecule has 0 radical (unpaired) electrons. The molecule has 2 amide bonds. The lowest BCUT2D eigenvalue weighted by atomic mass is 10.2. The van der Waals surface area contributed by atoms with E-state index in [2.05, 4.69) is 16.0 Å². The Hall–Kier alpha value is -1.15. The van der Waals surface area contributed by atoms with E-state index in [1.165, 1.54) is 0 Å². The molecule has 0 aromatic carbocycles. The van der Waals surface area contributed by atoms with Gasteiger partial charge < -0.3 is 16.0 Å². The summed E-state index contributed by atoms with van der Waals surface area (Å²) in [6.07, 6.45) is 3.31. The molecule has 1 unspecified atom stereocenters. The van der Waals surface area contributed by atoms with Gasteiger partial charge in [-0.3, -0.25) is 9.59 Å². The van der Waals surface area contributed by atoms with Crippen molar-refractivity contribution in [3.05, 3.63) is 0 Å². The number of carbonyl (C=O) groups is 2.